The Labute approximate surface area is 154 Å². The molecule has 0 saturated heterocycles. The summed E-state index contributed by atoms with van der Waals surface area (Å²) < 4.78 is 51.5. The van der Waals surface area contributed by atoms with Crippen LogP contribution in [0.4, 0.5) is 23.7 Å². The number of nitrogens with one attached hydrogen (secondary N) is 1. The van der Waals surface area contributed by atoms with Crippen molar-refractivity contribution in [3.05, 3.63) is 42.0 Å². The predicted molar refractivity (Wildman–Crippen MR) is 92.2 cm³/mol. The van der Waals surface area contributed by atoms with E-state index in [4.69, 9.17) is 4.74 Å². The van der Waals surface area contributed by atoms with Crippen molar-refractivity contribution in [1.82, 2.24) is 4.98 Å². The Morgan fingerprint density at radius 2 is 1.67 bits per heavy atom. The molecule has 0 atom stereocenters. The molecule has 146 valence electrons. The van der Waals surface area contributed by atoms with Gasteiger partial charge < -0.3 is 14.2 Å². The summed E-state index contributed by atoms with van der Waals surface area (Å²) in [6, 6.07) is 9.56. The second-order valence-corrected chi connectivity index (χ2v) is 6.54. The Bertz CT molecular complexity index is 800. The number of carbonyl (C=O) groups excluding carboxylic acids is 1. The van der Waals surface area contributed by atoms with Gasteiger partial charge >= 0.3 is 12.5 Å². The largest absolute Gasteiger partial charge is 0.574 e. The Hall–Kier alpha value is -2.97. The van der Waals surface area contributed by atoms with E-state index in [0.717, 1.165) is 12.7 Å². The lowest BCUT2D eigenvalue weighted by molar-refractivity contribution is -0.275. The molecule has 1 heterocycles. The molecule has 1 amide bonds. The van der Waals surface area contributed by atoms with Crippen LogP contribution in [0, 0.1) is 0 Å². The predicted octanol–water partition coefficient (Wildman–Crippen LogP) is 5.25. The van der Waals surface area contributed by atoms with Gasteiger partial charge in [0.05, 0.1) is 7.11 Å². The highest BCUT2D eigenvalue weighted by atomic mass is 19.4. The first kappa shape index (κ1) is 20.3. The highest BCUT2D eigenvalue weighted by molar-refractivity contribution is 5.86. The molecule has 27 heavy (non-hydrogen) atoms. The van der Waals surface area contributed by atoms with Gasteiger partial charge in [-0.3, -0.25) is 5.32 Å². The lowest BCUT2D eigenvalue weighted by Crippen LogP contribution is -2.20. The summed E-state index contributed by atoms with van der Waals surface area (Å²) >= 11 is 0. The maximum absolute atomic E-state index is 12.6. The fourth-order valence-corrected chi connectivity index (χ4v) is 2.07. The van der Waals surface area contributed by atoms with Crippen LogP contribution in [0.2, 0.25) is 0 Å². The van der Waals surface area contributed by atoms with Crippen molar-refractivity contribution in [3.8, 4) is 17.5 Å². The number of ether oxygens (including phenoxy) is 3. The molecule has 0 saturated carbocycles. The van der Waals surface area contributed by atoms with Gasteiger partial charge in [0, 0.05) is 6.07 Å². The number of methoxy groups -OCH3 is 1. The lowest BCUT2D eigenvalue weighted by atomic mass is 9.87. The van der Waals surface area contributed by atoms with Crippen LogP contribution in [0.15, 0.2) is 36.4 Å². The molecule has 0 aliphatic rings. The fraction of sp³-hybridized carbons (Fsp3) is 0.333. The standard InChI is InChI=1S/C18H19F3N2O4/c1-17(2,3)11-5-7-12(8-6-11)26-14-10-9-13(22-16(24)25-4)15(23-14)27-18(19,20)21/h5-10H,1-4H3,(H,22,24). The third-order valence-corrected chi connectivity index (χ3v) is 3.41. The maximum atomic E-state index is 12.6. The van der Waals surface area contributed by atoms with E-state index in [2.05, 4.69) is 40.5 Å². The Kier molecular flexibility index (Phi) is 5.82. The van der Waals surface area contributed by atoms with Crippen LogP contribution >= 0.6 is 0 Å². The molecule has 1 aromatic heterocycles. The number of hydrogen-bond acceptors (Lipinski definition) is 5. The molecule has 6 nitrogen and oxygen atoms in total. The lowest BCUT2D eigenvalue weighted by Gasteiger charge is -2.19. The highest BCUT2D eigenvalue weighted by Crippen LogP contribution is 2.32. The average Bonchev–Trinajstić information content (AvgIpc) is 2.55. The second-order valence-electron chi connectivity index (χ2n) is 6.54. The molecule has 1 N–H and O–H groups in total. The van der Waals surface area contributed by atoms with E-state index < -0.39 is 18.3 Å². The van der Waals surface area contributed by atoms with Gasteiger partial charge in [-0.15, -0.1) is 13.2 Å². The van der Waals surface area contributed by atoms with Gasteiger partial charge in [-0.2, -0.15) is 4.98 Å². The number of anilines is 1. The maximum Gasteiger partial charge on any atom is 0.574 e. The number of benzene rings is 1. The van der Waals surface area contributed by atoms with E-state index in [1.54, 1.807) is 12.1 Å². The highest BCUT2D eigenvalue weighted by Gasteiger charge is 2.33. The van der Waals surface area contributed by atoms with Crippen LogP contribution in [0.3, 0.4) is 0 Å². The summed E-state index contributed by atoms with van der Waals surface area (Å²) in [6.07, 6.45) is -5.96. The topological polar surface area (TPSA) is 69.7 Å². The van der Waals surface area contributed by atoms with Gasteiger partial charge in [0.25, 0.3) is 0 Å². The smallest absolute Gasteiger partial charge is 0.453 e. The average molecular weight is 384 g/mol. The van der Waals surface area contributed by atoms with E-state index in [0.29, 0.717) is 5.75 Å². The quantitative estimate of drug-likeness (QED) is 0.780. The minimum absolute atomic E-state index is 0.0499. The van der Waals surface area contributed by atoms with E-state index in [1.807, 2.05) is 12.1 Å². The molecule has 2 aromatic rings. The molecule has 2 rings (SSSR count). The number of rotatable bonds is 4. The number of carbonyl (C=O) groups is 1. The zero-order chi connectivity index (χ0) is 20.2. The normalized spacial score (nSPS) is 11.7. The molecule has 0 aliphatic heterocycles. The molecule has 9 heteroatoms. The summed E-state index contributed by atoms with van der Waals surface area (Å²) in [6.45, 7) is 6.16. The third-order valence-electron chi connectivity index (χ3n) is 3.41. The number of nitrogens with zero attached hydrogens (tertiary/aromatic N) is 1. The van der Waals surface area contributed by atoms with Crippen LogP contribution in [0.25, 0.3) is 0 Å². The minimum Gasteiger partial charge on any atom is -0.453 e. The van der Waals surface area contributed by atoms with Crippen molar-refractivity contribution in [2.45, 2.75) is 32.5 Å². The van der Waals surface area contributed by atoms with E-state index in [-0.39, 0.29) is 17.0 Å². The van der Waals surface area contributed by atoms with E-state index in [9.17, 15) is 18.0 Å². The zero-order valence-corrected chi connectivity index (χ0v) is 15.2. The Morgan fingerprint density at radius 3 is 2.19 bits per heavy atom. The molecule has 0 aliphatic carbocycles. The minimum atomic E-state index is -4.99. The first-order valence-electron chi connectivity index (χ1n) is 7.88. The van der Waals surface area contributed by atoms with Crippen LogP contribution in [-0.4, -0.2) is 24.5 Å². The Balaban J connectivity index is 2.26. The van der Waals surface area contributed by atoms with Crippen LogP contribution < -0.4 is 14.8 Å². The first-order chi connectivity index (χ1) is 12.5. The van der Waals surface area contributed by atoms with E-state index >= 15 is 0 Å². The van der Waals surface area contributed by atoms with Crippen molar-refractivity contribution in [2.24, 2.45) is 0 Å². The van der Waals surface area contributed by atoms with Gasteiger partial charge in [-0.05, 0) is 29.2 Å². The van der Waals surface area contributed by atoms with Crippen LogP contribution in [0.1, 0.15) is 26.3 Å². The van der Waals surface area contributed by atoms with Gasteiger partial charge in [0.2, 0.25) is 11.8 Å². The van der Waals surface area contributed by atoms with Crippen LogP contribution in [-0.2, 0) is 10.2 Å². The van der Waals surface area contributed by atoms with Crippen molar-refractivity contribution in [2.75, 3.05) is 12.4 Å². The third kappa shape index (κ3) is 6.05. The summed E-state index contributed by atoms with van der Waals surface area (Å²) in [5, 5.41) is 2.09. The summed E-state index contributed by atoms with van der Waals surface area (Å²) in [5.41, 5.74) is 0.710. The number of aromatic nitrogens is 1. The number of alkyl halides is 3. The molecule has 0 bridgehead atoms. The number of pyridine rings is 1. The van der Waals surface area contributed by atoms with Crippen molar-refractivity contribution >= 4 is 11.8 Å². The number of hydrogen-bond donors (Lipinski definition) is 1. The molecule has 0 fully saturated rings. The molecule has 0 radical (unpaired) electrons. The molecule has 0 unspecified atom stereocenters. The monoisotopic (exact) mass is 384 g/mol. The summed E-state index contributed by atoms with van der Waals surface area (Å²) in [5.74, 6) is -0.605. The van der Waals surface area contributed by atoms with Crippen LogP contribution in [0.5, 0.6) is 17.5 Å². The zero-order valence-electron chi connectivity index (χ0n) is 15.2. The van der Waals surface area contributed by atoms with Gasteiger partial charge in [0.1, 0.15) is 11.4 Å². The second kappa shape index (κ2) is 7.73. The van der Waals surface area contributed by atoms with Gasteiger partial charge in [-0.1, -0.05) is 32.9 Å². The van der Waals surface area contributed by atoms with Gasteiger partial charge in [-0.25, -0.2) is 4.79 Å². The summed E-state index contributed by atoms with van der Waals surface area (Å²) in [7, 11) is 1.08. The molecule has 1 aromatic carbocycles. The summed E-state index contributed by atoms with van der Waals surface area (Å²) in [4.78, 5) is 14.9. The number of halogens is 3. The van der Waals surface area contributed by atoms with Gasteiger partial charge in [0.15, 0.2) is 0 Å². The SMILES string of the molecule is COC(=O)Nc1ccc(Oc2ccc(C(C)(C)C)cc2)nc1OC(F)(F)F. The van der Waals surface area contributed by atoms with Crippen molar-refractivity contribution < 1.29 is 32.2 Å². The Morgan fingerprint density at radius 1 is 1.04 bits per heavy atom. The first-order valence-corrected chi connectivity index (χ1v) is 7.88. The van der Waals surface area contributed by atoms with E-state index in [1.165, 1.54) is 12.1 Å². The van der Waals surface area contributed by atoms with Crippen molar-refractivity contribution in [1.29, 1.82) is 0 Å². The van der Waals surface area contributed by atoms with Crippen molar-refractivity contribution in [3.63, 3.8) is 0 Å². The molecular formula is C18H19F3N2O4. The molecule has 0 spiro atoms. The fourth-order valence-electron chi connectivity index (χ4n) is 2.07. The number of amides is 1. The molecular weight excluding hydrogens is 365 g/mol.